The molecule has 1 aliphatic heterocycles. The van der Waals surface area contributed by atoms with Crippen molar-refractivity contribution >= 4 is 11.9 Å². The highest BCUT2D eigenvalue weighted by molar-refractivity contribution is 5.75. The van der Waals surface area contributed by atoms with Crippen molar-refractivity contribution in [3.63, 3.8) is 0 Å². The average molecular weight is 284 g/mol. The predicted molar refractivity (Wildman–Crippen MR) is 56.2 cm³/mol. The molecule has 0 aromatic carbocycles. The molecule has 1 heterocycles. The SMILES string of the molecule is CCOC(=O)CC1CC(OC(=O)C(F)(F)F)CCO1. The van der Waals surface area contributed by atoms with E-state index < -0.39 is 30.3 Å². The van der Waals surface area contributed by atoms with E-state index in [9.17, 15) is 22.8 Å². The van der Waals surface area contributed by atoms with Crippen LogP contribution in [0.4, 0.5) is 13.2 Å². The third-order valence-electron chi connectivity index (χ3n) is 2.52. The van der Waals surface area contributed by atoms with Gasteiger partial charge in [-0.1, -0.05) is 0 Å². The lowest BCUT2D eigenvalue weighted by atomic mass is 10.0. The van der Waals surface area contributed by atoms with Gasteiger partial charge in [-0.15, -0.1) is 0 Å². The molecule has 0 spiro atoms. The first-order valence-electron chi connectivity index (χ1n) is 5.88. The number of rotatable bonds is 4. The second kappa shape index (κ2) is 6.74. The van der Waals surface area contributed by atoms with Gasteiger partial charge in [-0.25, -0.2) is 4.79 Å². The highest BCUT2D eigenvalue weighted by atomic mass is 19.4. The first-order chi connectivity index (χ1) is 8.82. The Morgan fingerprint density at radius 3 is 2.63 bits per heavy atom. The Balaban J connectivity index is 2.42. The number of halogens is 3. The molecule has 0 aliphatic carbocycles. The molecule has 5 nitrogen and oxygen atoms in total. The zero-order valence-electron chi connectivity index (χ0n) is 10.4. The van der Waals surface area contributed by atoms with E-state index in [-0.39, 0.29) is 32.5 Å². The highest BCUT2D eigenvalue weighted by Crippen LogP contribution is 2.24. The average Bonchev–Trinajstić information content (AvgIpc) is 2.28. The van der Waals surface area contributed by atoms with Gasteiger partial charge >= 0.3 is 18.1 Å². The molecule has 2 unspecified atom stereocenters. The normalized spacial score (nSPS) is 23.8. The van der Waals surface area contributed by atoms with Crippen molar-refractivity contribution in [3.8, 4) is 0 Å². The molecule has 0 N–H and O–H groups in total. The van der Waals surface area contributed by atoms with Crippen LogP contribution in [0.3, 0.4) is 0 Å². The molecule has 1 rings (SSSR count). The Kier molecular flexibility index (Phi) is 5.59. The Bertz CT molecular complexity index is 329. The molecule has 0 bridgehead atoms. The molecule has 1 fully saturated rings. The Labute approximate surface area is 108 Å². The van der Waals surface area contributed by atoms with Crippen LogP contribution in [0.5, 0.6) is 0 Å². The summed E-state index contributed by atoms with van der Waals surface area (Å²) in [4.78, 5) is 21.9. The second-order valence-corrected chi connectivity index (χ2v) is 4.05. The van der Waals surface area contributed by atoms with Gasteiger partial charge in [-0.3, -0.25) is 4.79 Å². The fraction of sp³-hybridized carbons (Fsp3) is 0.818. The van der Waals surface area contributed by atoms with Gasteiger partial charge in [0.1, 0.15) is 6.10 Å². The van der Waals surface area contributed by atoms with Gasteiger partial charge in [0.05, 0.1) is 25.7 Å². The molecule has 8 heteroatoms. The van der Waals surface area contributed by atoms with Gasteiger partial charge in [-0.2, -0.15) is 13.2 Å². The monoisotopic (exact) mass is 284 g/mol. The maximum absolute atomic E-state index is 12.0. The molecule has 1 aliphatic rings. The number of carbonyl (C=O) groups is 2. The first kappa shape index (κ1) is 15.7. The van der Waals surface area contributed by atoms with Gasteiger partial charge in [-0.05, 0) is 6.92 Å². The minimum absolute atomic E-state index is 0.0562. The zero-order valence-corrected chi connectivity index (χ0v) is 10.4. The molecule has 0 saturated carbocycles. The summed E-state index contributed by atoms with van der Waals surface area (Å²) in [6.45, 7) is 2.01. The minimum Gasteiger partial charge on any atom is -0.466 e. The summed E-state index contributed by atoms with van der Waals surface area (Å²) in [6.07, 6.45) is -6.30. The van der Waals surface area contributed by atoms with Crippen LogP contribution >= 0.6 is 0 Å². The van der Waals surface area contributed by atoms with Crippen molar-refractivity contribution in [2.45, 2.75) is 44.6 Å². The number of esters is 2. The summed E-state index contributed by atoms with van der Waals surface area (Å²) in [7, 11) is 0. The van der Waals surface area contributed by atoms with E-state index in [4.69, 9.17) is 9.47 Å². The lowest BCUT2D eigenvalue weighted by Gasteiger charge is -2.28. The van der Waals surface area contributed by atoms with E-state index in [0.717, 1.165) is 0 Å². The van der Waals surface area contributed by atoms with E-state index in [1.165, 1.54) is 0 Å². The van der Waals surface area contributed by atoms with Crippen LogP contribution < -0.4 is 0 Å². The van der Waals surface area contributed by atoms with Gasteiger partial charge in [0.25, 0.3) is 0 Å². The van der Waals surface area contributed by atoms with Gasteiger partial charge in [0.15, 0.2) is 0 Å². The standard InChI is InChI=1S/C11H15F3O5/c1-2-17-9(15)6-8-5-7(3-4-18-8)19-10(16)11(12,13)14/h7-8H,2-6H2,1H3. The quantitative estimate of drug-likeness (QED) is 0.734. The second-order valence-electron chi connectivity index (χ2n) is 4.05. The molecule has 1 saturated heterocycles. The summed E-state index contributed by atoms with van der Waals surface area (Å²) in [5, 5.41) is 0. The van der Waals surface area contributed by atoms with Crippen molar-refractivity contribution in [1.82, 2.24) is 0 Å². The van der Waals surface area contributed by atoms with E-state index in [0.29, 0.717) is 0 Å². The molecule has 110 valence electrons. The third kappa shape index (κ3) is 5.46. The summed E-state index contributed by atoms with van der Waals surface area (Å²) in [5.74, 6) is -2.70. The number of ether oxygens (including phenoxy) is 3. The van der Waals surface area contributed by atoms with Crippen molar-refractivity contribution in [2.75, 3.05) is 13.2 Å². The van der Waals surface area contributed by atoms with Crippen LogP contribution in [0.15, 0.2) is 0 Å². The molecule has 0 radical (unpaired) electrons. The van der Waals surface area contributed by atoms with Crippen molar-refractivity contribution < 1.29 is 37.0 Å². The summed E-state index contributed by atoms with van der Waals surface area (Å²) < 4.78 is 50.4. The van der Waals surface area contributed by atoms with Crippen LogP contribution in [0.2, 0.25) is 0 Å². The minimum atomic E-state index is -5.01. The summed E-state index contributed by atoms with van der Waals surface area (Å²) in [5.41, 5.74) is 0. The molecule has 2 atom stereocenters. The van der Waals surface area contributed by atoms with Gasteiger partial charge < -0.3 is 14.2 Å². The topological polar surface area (TPSA) is 61.8 Å². The third-order valence-corrected chi connectivity index (χ3v) is 2.52. The maximum atomic E-state index is 12.0. The fourth-order valence-corrected chi connectivity index (χ4v) is 1.72. The molecule has 19 heavy (non-hydrogen) atoms. The largest absolute Gasteiger partial charge is 0.490 e. The van der Waals surface area contributed by atoms with Crippen LogP contribution in [-0.2, 0) is 23.8 Å². The number of hydrogen-bond donors (Lipinski definition) is 0. The summed E-state index contributed by atoms with van der Waals surface area (Å²) >= 11 is 0. The maximum Gasteiger partial charge on any atom is 0.490 e. The Morgan fingerprint density at radius 1 is 1.37 bits per heavy atom. The lowest BCUT2D eigenvalue weighted by molar-refractivity contribution is -0.209. The zero-order chi connectivity index (χ0) is 14.5. The fourth-order valence-electron chi connectivity index (χ4n) is 1.72. The molecular weight excluding hydrogens is 269 g/mol. The predicted octanol–water partition coefficient (Wildman–Crippen LogP) is 1.59. The number of alkyl halides is 3. The summed E-state index contributed by atoms with van der Waals surface area (Å²) in [6, 6.07) is 0. The van der Waals surface area contributed by atoms with E-state index in [2.05, 4.69) is 4.74 Å². The van der Waals surface area contributed by atoms with E-state index in [1.807, 2.05) is 0 Å². The van der Waals surface area contributed by atoms with Crippen LogP contribution in [-0.4, -0.2) is 43.5 Å². The molecule has 0 amide bonds. The van der Waals surface area contributed by atoms with Crippen LogP contribution in [0.25, 0.3) is 0 Å². The Morgan fingerprint density at radius 2 is 2.05 bits per heavy atom. The van der Waals surface area contributed by atoms with Crippen molar-refractivity contribution in [2.24, 2.45) is 0 Å². The van der Waals surface area contributed by atoms with Crippen LogP contribution in [0, 0.1) is 0 Å². The van der Waals surface area contributed by atoms with Crippen LogP contribution in [0.1, 0.15) is 26.2 Å². The number of carbonyl (C=O) groups excluding carboxylic acids is 2. The lowest BCUT2D eigenvalue weighted by Crippen LogP contribution is -2.37. The Hall–Kier alpha value is -1.31. The van der Waals surface area contributed by atoms with Crippen molar-refractivity contribution in [3.05, 3.63) is 0 Å². The van der Waals surface area contributed by atoms with E-state index in [1.54, 1.807) is 6.92 Å². The molecule has 0 aromatic heterocycles. The van der Waals surface area contributed by atoms with E-state index >= 15 is 0 Å². The van der Waals surface area contributed by atoms with Crippen molar-refractivity contribution in [1.29, 1.82) is 0 Å². The molecule has 0 aromatic rings. The molecular formula is C11H15F3O5. The highest BCUT2D eigenvalue weighted by Gasteiger charge is 2.43. The van der Waals surface area contributed by atoms with Gasteiger partial charge in [0, 0.05) is 12.8 Å². The number of hydrogen-bond acceptors (Lipinski definition) is 5. The smallest absolute Gasteiger partial charge is 0.466 e. The van der Waals surface area contributed by atoms with Gasteiger partial charge in [0.2, 0.25) is 0 Å². The first-order valence-corrected chi connectivity index (χ1v) is 5.88.